The average molecular weight is 279 g/mol. The average Bonchev–Trinajstić information content (AvgIpc) is 2.88. The van der Waals surface area contributed by atoms with Crippen LogP contribution in [-0.2, 0) is 13.0 Å². The molecule has 0 aliphatic rings. The second-order valence-corrected chi connectivity index (χ2v) is 5.85. The molecule has 5 nitrogen and oxygen atoms in total. The van der Waals surface area contributed by atoms with Gasteiger partial charge in [0.1, 0.15) is 5.82 Å². The van der Waals surface area contributed by atoms with Crippen LogP contribution in [0.25, 0.3) is 0 Å². The summed E-state index contributed by atoms with van der Waals surface area (Å²) in [5.74, 6) is 1.49. The summed E-state index contributed by atoms with van der Waals surface area (Å²) in [6.07, 6.45) is 0.921. The normalized spacial score (nSPS) is 11.3. The Hall–Kier alpha value is -1.43. The van der Waals surface area contributed by atoms with E-state index in [2.05, 4.69) is 47.5 Å². The molecule has 0 radical (unpaired) electrons. The monoisotopic (exact) mass is 279 g/mol. The fraction of sp³-hybridized carbons (Fsp3) is 0.615. The van der Waals surface area contributed by atoms with Crippen LogP contribution in [0, 0.1) is 19.8 Å². The van der Waals surface area contributed by atoms with Crippen LogP contribution in [0.1, 0.15) is 38.0 Å². The van der Waals surface area contributed by atoms with E-state index in [1.165, 1.54) is 11.5 Å². The van der Waals surface area contributed by atoms with E-state index in [1.807, 2.05) is 11.6 Å². The molecule has 0 aliphatic carbocycles. The molecular formula is C13H21N5S. The summed E-state index contributed by atoms with van der Waals surface area (Å²) in [7, 11) is 0. The van der Waals surface area contributed by atoms with E-state index in [9.17, 15) is 0 Å². The topological polar surface area (TPSA) is 55.6 Å². The summed E-state index contributed by atoms with van der Waals surface area (Å²) in [6, 6.07) is 0. The van der Waals surface area contributed by atoms with Gasteiger partial charge in [0, 0.05) is 24.5 Å². The molecule has 0 spiro atoms. The van der Waals surface area contributed by atoms with Gasteiger partial charge in [0.25, 0.3) is 0 Å². The number of rotatable bonds is 5. The first-order valence-corrected chi connectivity index (χ1v) is 7.42. The van der Waals surface area contributed by atoms with Crippen molar-refractivity contribution in [3.8, 4) is 0 Å². The summed E-state index contributed by atoms with van der Waals surface area (Å²) in [4.78, 5) is 4.52. The van der Waals surface area contributed by atoms with Crippen molar-refractivity contribution in [2.24, 2.45) is 5.92 Å². The Bertz CT molecular complexity index is 555. The molecule has 0 bridgehead atoms. The fourth-order valence-corrected chi connectivity index (χ4v) is 2.65. The molecule has 0 saturated carbocycles. The molecule has 2 heterocycles. The zero-order chi connectivity index (χ0) is 14.0. The Labute approximate surface area is 118 Å². The van der Waals surface area contributed by atoms with Crippen molar-refractivity contribution in [3.63, 3.8) is 0 Å². The fourth-order valence-electron chi connectivity index (χ4n) is 2.05. The second-order valence-electron chi connectivity index (χ2n) is 5.10. The first kappa shape index (κ1) is 14.0. The SMILES string of the molecule is CCn1nc(C)c(Nc2nc(CC(C)C)ns2)c1C. The molecule has 0 fully saturated rings. The standard InChI is InChI=1S/C13H21N5S/c1-6-18-10(5)12(9(4)16-18)15-13-14-11(17-19-13)7-8(2)3/h8H,6-7H2,1-5H3,(H,14,15,17). The van der Waals surface area contributed by atoms with Gasteiger partial charge in [0.2, 0.25) is 5.13 Å². The third kappa shape index (κ3) is 3.12. The van der Waals surface area contributed by atoms with Gasteiger partial charge in [0.05, 0.1) is 17.1 Å². The van der Waals surface area contributed by atoms with Crippen LogP contribution in [0.3, 0.4) is 0 Å². The molecule has 0 saturated heterocycles. The minimum Gasteiger partial charge on any atom is -0.327 e. The summed E-state index contributed by atoms with van der Waals surface area (Å²) in [5, 5.41) is 8.69. The van der Waals surface area contributed by atoms with Crippen molar-refractivity contribution in [3.05, 3.63) is 17.2 Å². The number of aryl methyl sites for hydroxylation is 2. The van der Waals surface area contributed by atoms with Crippen molar-refractivity contribution in [2.45, 2.75) is 47.6 Å². The Balaban J connectivity index is 2.17. The lowest BCUT2D eigenvalue weighted by molar-refractivity contribution is 0.627. The van der Waals surface area contributed by atoms with E-state index >= 15 is 0 Å². The molecule has 1 N–H and O–H groups in total. The first-order chi connectivity index (χ1) is 9.01. The first-order valence-electron chi connectivity index (χ1n) is 6.64. The van der Waals surface area contributed by atoms with Gasteiger partial charge in [0.15, 0.2) is 0 Å². The van der Waals surface area contributed by atoms with Crippen molar-refractivity contribution < 1.29 is 0 Å². The minimum absolute atomic E-state index is 0.578. The number of hydrogen-bond acceptors (Lipinski definition) is 5. The smallest absolute Gasteiger partial charge is 0.207 e. The molecule has 2 aromatic heterocycles. The van der Waals surface area contributed by atoms with Gasteiger partial charge in [-0.1, -0.05) is 13.8 Å². The molecular weight excluding hydrogens is 258 g/mol. The molecule has 19 heavy (non-hydrogen) atoms. The quantitative estimate of drug-likeness (QED) is 0.912. The van der Waals surface area contributed by atoms with E-state index in [0.717, 1.165) is 41.0 Å². The van der Waals surface area contributed by atoms with E-state index in [0.29, 0.717) is 5.92 Å². The van der Waals surface area contributed by atoms with E-state index < -0.39 is 0 Å². The zero-order valence-electron chi connectivity index (χ0n) is 12.2. The van der Waals surface area contributed by atoms with E-state index in [-0.39, 0.29) is 0 Å². The summed E-state index contributed by atoms with van der Waals surface area (Å²) < 4.78 is 6.37. The number of hydrogen-bond donors (Lipinski definition) is 1. The Kier molecular flexibility index (Phi) is 4.19. The Morgan fingerprint density at radius 2 is 2.05 bits per heavy atom. The Morgan fingerprint density at radius 3 is 2.63 bits per heavy atom. The van der Waals surface area contributed by atoms with Crippen LogP contribution in [0.15, 0.2) is 0 Å². The van der Waals surface area contributed by atoms with Crippen molar-refractivity contribution in [1.82, 2.24) is 19.1 Å². The molecule has 0 amide bonds. The molecule has 6 heteroatoms. The predicted molar refractivity (Wildman–Crippen MR) is 79.1 cm³/mol. The molecule has 2 rings (SSSR count). The number of nitrogens with one attached hydrogen (secondary N) is 1. The third-order valence-electron chi connectivity index (χ3n) is 2.97. The molecule has 104 valence electrons. The molecule has 0 atom stereocenters. The maximum Gasteiger partial charge on any atom is 0.207 e. The number of anilines is 2. The van der Waals surface area contributed by atoms with Crippen molar-refractivity contribution in [1.29, 1.82) is 0 Å². The van der Waals surface area contributed by atoms with Crippen LogP contribution < -0.4 is 5.32 Å². The van der Waals surface area contributed by atoms with Gasteiger partial charge in [-0.05, 0) is 26.7 Å². The highest BCUT2D eigenvalue weighted by molar-refractivity contribution is 7.09. The van der Waals surface area contributed by atoms with Gasteiger partial charge in [-0.15, -0.1) is 0 Å². The summed E-state index contributed by atoms with van der Waals surface area (Å²) >= 11 is 1.41. The molecule has 2 aromatic rings. The maximum atomic E-state index is 4.52. The largest absolute Gasteiger partial charge is 0.327 e. The van der Waals surface area contributed by atoms with Crippen molar-refractivity contribution in [2.75, 3.05) is 5.32 Å². The maximum absolute atomic E-state index is 4.52. The highest BCUT2D eigenvalue weighted by atomic mass is 32.1. The van der Waals surface area contributed by atoms with Gasteiger partial charge in [-0.25, -0.2) is 4.98 Å². The van der Waals surface area contributed by atoms with Crippen LogP contribution >= 0.6 is 11.5 Å². The lowest BCUT2D eigenvalue weighted by atomic mass is 10.1. The summed E-state index contributed by atoms with van der Waals surface area (Å²) in [5.41, 5.74) is 3.19. The lowest BCUT2D eigenvalue weighted by Gasteiger charge is -2.03. The van der Waals surface area contributed by atoms with Crippen LogP contribution in [-0.4, -0.2) is 19.1 Å². The molecule has 0 aliphatic heterocycles. The lowest BCUT2D eigenvalue weighted by Crippen LogP contribution is -2.00. The predicted octanol–water partition coefficient (Wildman–Crippen LogP) is 3.31. The molecule has 0 aromatic carbocycles. The third-order valence-corrected chi connectivity index (χ3v) is 3.64. The Morgan fingerprint density at radius 1 is 1.32 bits per heavy atom. The number of aromatic nitrogens is 4. The zero-order valence-corrected chi connectivity index (χ0v) is 13.0. The van der Waals surface area contributed by atoms with Crippen LogP contribution in [0.5, 0.6) is 0 Å². The molecule has 0 unspecified atom stereocenters. The minimum atomic E-state index is 0.578. The van der Waals surface area contributed by atoms with Crippen molar-refractivity contribution >= 4 is 22.4 Å². The van der Waals surface area contributed by atoms with Crippen LogP contribution in [0.4, 0.5) is 10.8 Å². The second kappa shape index (κ2) is 5.69. The van der Waals surface area contributed by atoms with Gasteiger partial charge >= 0.3 is 0 Å². The van der Waals surface area contributed by atoms with Crippen LogP contribution in [0.2, 0.25) is 0 Å². The van der Waals surface area contributed by atoms with E-state index in [1.54, 1.807) is 0 Å². The summed E-state index contributed by atoms with van der Waals surface area (Å²) in [6.45, 7) is 11.4. The van der Waals surface area contributed by atoms with Gasteiger partial charge in [-0.3, -0.25) is 4.68 Å². The van der Waals surface area contributed by atoms with Gasteiger partial charge < -0.3 is 5.32 Å². The number of nitrogens with zero attached hydrogens (tertiary/aromatic N) is 4. The highest BCUT2D eigenvalue weighted by Gasteiger charge is 2.13. The highest BCUT2D eigenvalue weighted by Crippen LogP contribution is 2.25. The van der Waals surface area contributed by atoms with E-state index in [4.69, 9.17) is 0 Å². The van der Waals surface area contributed by atoms with Gasteiger partial charge in [-0.2, -0.15) is 9.47 Å².